The summed E-state index contributed by atoms with van der Waals surface area (Å²) in [4.78, 5) is 39.5. The molecule has 156 valence electrons. The highest BCUT2D eigenvalue weighted by Crippen LogP contribution is 2.40. The van der Waals surface area contributed by atoms with Crippen molar-refractivity contribution < 1.29 is 19.2 Å². The van der Waals surface area contributed by atoms with Gasteiger partial charge in [0.2, 0.25) is 12.2 Å². The molecular formula is C18H23N5O5S. The van der Waals surface area contributed by atoms with E-state index in [1.807, 2.05) is 0 Å². The standard InChI is InChI=1S/C18H23N5O5S/c1-3-28-17(25)15-12-7-6-11(2)9-13(12)29-16(15)20-14(24)5-4-8-22-10-19-18(21-22)23(26)27/h10-11H,3-9H2,1-2H3,(H,20,24). The molecule has 0 bridgehead atoms. The van der Waals surface area contributed by atoms with Gasteiger partial charge in [-0.25, -0.2) is 4.79 Å². The van der Waals surface area contributed by atoms with Crippen molar-refractivity contribution in [1.29, 1.82) is 0 Å². The van der Waals surface area contributed by atoms with Crippen LogP contribution in [0.15, 0.2) is 6.33 Å². The van der Waals surface area contributed by atoms with E-state index in [0.717, 1.165) is 29.7 Å². The first-order chi connectivity index (χ1) is 13.9. The molecular weight excluding hydrogens is 398 g/mol. The summed E-state index contributed by atoms with van der Waals surface area (Å²) >= 11 is 1.45. The molecule has 0 saturated carbocycles. The van der Waals surface area contributed by atoms with Crippen LogP contribution in [0.5, 0.6) is 0 Å². The Morgan fingerprint density at radius 1 is 1.48 bits per heavy atom. The Balaban J connectivity index is 1.64. The lowest BCUT2D eigenvalue weighted by atomic mass is 9.88. The van der Waals surface area contributed by atoms with Gasteiger partial charge in [0.1, 0.15) is 5.00 Å². The number of hydrogen-bond donors (Lipinski definition) is 1. The predicted octanol–water partition coefficient (Wildman–Crippen LogP) is 2.97. The minimum absolute atomic E-state index is 0.189. The Morgan fingerprint density at radius 2 is 2.28 bits per heavy atom. The van der Waals surface area contributed by atoms with Gasteiger partial charge < -0.3 is 20.2 Å². The number of esters is 1. The van der Waals surface area contributed by atoms with E-state index >= 15 is 0 Å². The smallest absolute Gasteiger partial charge is 0.462 e. The summed E-state index contributed by atoms with van der Waals surface area (Å²) in [5.74, 6) is -0.542. The SMILES string of the molecule is CCOC(=O)c1c(NC(=O)CCCn2cnc([N+](=O)[O-])n2)sc2c1CCC(C)C2. The number of nitro groups is 1. The first-order valence-electron chi connectivity index (χ1n) is 9.54. The van der Waals surface area contributed by atoms with Crippen molar-refractivity contribution in [2.75, 3.05) is 11.9 Å². The van der Waals surface area contributed by atoms with Gasteiger partial charge in [-0.05, 0) is 49.0 Å². The van der Waals surface area contributed by atoms with Gasteiger partial charge in [0.05, 0.1) is 18.7 Å². The zero-order valence-electron chi connectivity index (χ0n) is 16.3. The van der Waals surface area contributed by atoms with Crippen molar-refractivity contribution in [3.8, 4) is 0 Å². The molecule has 1 aliphatic rings. The van der Waals surface area contributed by atoms with Crippen LogP contribution in [0.25, 0.3) is 0 Å². The molecule has 2 heterocycles. The maximum atomic E-state index is 12.5. The zero-order chi connectivity index (χ0) is 21.0. The minimum atomic E-state index is -0.667. The lowest BCUT2D eigenvalue weighted by Gasteiger charge is -2.18. The summed E-state index contributed by atoms with van der Waals surface area (Å²) < 4.78 is 6.54. The number of nitrogens with one attached hydrogen (secondary N) is 1. The third-order valence-corrected chi connectivity index (χ3v) is 5.89. The number of carbonyl (C=O) groups excluding carboxylic acids is 2. The molecule has 3 rings (SSSR count). The minimum Gasteiger partial charge on any atom is -0.462 e. The summed E-state index contributed by atoms with van der Waals surface area (Å²) in [5.41, 5.74) is 1.48. The van der Waals surface area contributed by atoms with E-state index in [9.17, 15) is 19.7 Å². The van der Waals surface area contributed by atoms with Crippen molar-refractivity contribution in [1.82, 2.24) is 14.8 Å². The lowest BCUT2D eigenvalue weighted by molar-refractivity contribution is -0.394. The maximum Gasteiger partial charge on any atom is 0.490 e. The first-order valence-corrected chi connectivity index (χ1v) is 10.4. The first kappa shape index (κ1) is 20.9. The second-order valence-corrected chi connectivity index (χ2v) is 8.10. The number of anilines is 1. The highest BCUT2D eigenvalue weighted by molar-refractivity contribution is 7.17. The van der Waals surface area contributed by atoms with E-state index in [0.29, 0.717) is 29.4 Å². The molecule has 0 radical (unpaired) electrons. The molecule has 1 amide bonds. The molecule has 0 spiro atoms. The van der Waals surface area contributed by atoms with Crippen molar-refractivity contribution in [3.05, 3.63) is 32.4 Å². The van der Waals surface area contributed by atoms with Crippen LogP contribution in [0.1, 0.15) is 53.9 Å². The van der Waals surface area contributed by atoms with Gasteiger partial charge in [-0.15, -0.1) is 11.3 Å². The number of hydrogen-bond acceptors (Lipinski definition) is 8. The van der Waals surface area contributed by atoms with E-state index in [-0.39, 0.29) is 18.9 Å². The molecule has 10 nitrogen and oxygen atoms in total. The molecule has 1 aliphatic carbocycles. The van der Waals surface area contributed by atoms with Crippen LogP contribution in [0, 0.1) is 16.0 Å². The van der Waals surface area contributed by atoms with Crippen LogP contribution in [-0.2, 0) is 28.9 Å². The molecule has 1 N–H and O–H groups in total. The van der Waals surface area contributed by atoms with Gasteiger partial charge in [-0.3, -0.25) is 4.79 Å². The molecule has 2 aromatic heterocycles. The van der Waals surface area contributed by atoms with E-state index in [4.69, 9.17) is 4.74 Å². The Bertz CT molecular complexity index is 922. The molecule has 1 unspecified atom stereocenters. The van der Waals surface area contributed by atoms with Gasteiger partial charge in [-0.2, -0.15) is 4.68 Å². The Labute approximate surface area is 171 Å². The fourth-order valence-corrected chi connectivity index (χ4v) is 4.74. The van der Waals surface area contributed by atoms with Crippen LogP contribution < -0.4 is 5.32 Å². The van der Waals surface area contributed by atoms with Gasteiger partial charge >= 0.3 is 11.9 Å². The Morgan fingerprint density at radius 3 is 2.97 bits per heavy atom. The van der Waals surface area contributed by atoms with Gasteiger partial charge in [0.15, 0.2) is 0 Å². The van der Waals surface area contributed by atoms with E-state index < -0.39 is 16.8 Å². The van der Waals surface area contributed by atoms with Gasteiger partial charge in [-0.1, -0.05) is 11.9 Å². The maximum absolute atomic E-state index is 12.5. The van der Waals surface area contributed by atoms with Crippen molar-refractivity contribution >= 4 is 34.2 Å². The largest absolute Gasteiger partial charge is 0.490 e. The quantitative estimate of drug-likeness (QED) is 0.394. The normalized spacial score (nSPS) is 15.6. The number of rotatable bonds is 8. The Kier molecular flexibility index (Phi) is 6.57. The lowest BCUT2D eigenvalue weighted by Crippen LogP contribution is -2.17. The van der Waals surface area contributed by atoms with E-state index in [1.54, 1.807) is 6.92 Å². The second kappa shape index (κ2) is 9.12. The zero-order valence-corrected chi connectivity index (χ0v) is 17.2. The second-order valence-electron chi connectivity index (χ2n) is 6.99. The number of aryl methyl sites for hydroxylation is 1. The van der Waals surface area contributed by atoms with Gasteiger partial charge in [0.25, 0.3) is 0 Å². The van der Waals surface area contributed by atoms with Crippen molar-refractivity contribution in [2.24, 2.45) is 5.92 Å². The summed E-state index contributed by atoms with van der Waals surface area (Å²) in [6.07, 6.45) is 4.60. The highest BCUT2D eigenvalue weighted by Gasteiger charge is 2.29. The Hall–Kier alpha value is -2.82. The fraction of sp³-hybridized carbons (Fsp3) is 0.556. The van der Waals surface area contributed by atoms with Crippen LogP contribution in [0.2, 0.25) is 0 Å². The van der Waals surface area contributed by atoms with Gasteiger partial charge in [0, 0.05) is 16.4 Å². The summed E-state index contributed by atoms with van der Waals surface area (Å²) in [6, 6.07) is 0. The average molecular weight is 421 g/mol. The number of carbonyl (C=O) groups is 2. The summed E-state index contributed by atoms with van der Waals surface area (Å²) in [7, 11) is 0. The van der Waals surface area contributed by atoms with Crippen molar-refractivity contribution in [3.63, 3.8) is 0 Å². The third-order valence-electron chi connectivity index (χ3n) is 4.72. The number of nitrogens with zero attached hydrogens (tertiary/aromatic N) is 4. The highest BCUT2D eigenvalue weighted by atomic mass is 32.1. The molecule has 2 aromatic rings. The van der Waals surface area contributed by atoms with Crippen LogP contribution in [0.3, 0.4) is 0 Å². The summed E-state index contributed by atoms with van der Waals surface area (Å²) in [5, 5.41) is 17.7. The molecule has 0 saturated heterocycles. The number of thiophene rings is 1. The van der Waals surface area contributed by atoms with E-state index in [1.165, 1.54) is 22.3 Å². The van der Waals surface area contributed by atoms with Crippen LogP contribution in [0.4, 0.5) is 10.9 Å². The predicted molar refractivity (Wildman–Crippen MR) is 106 cm³/mol. The monoisotopic (exact) mass is 421 g/mol. The number of amides is 1. The molecule has 0 aromatic carbocycles. The summed E-state index contributed by atoms with van der Waals surface area (Å²) in [6.45, 7) is 4.54. The number of fused-ring (bicyclic) bond motifs is 1. The van der Waals surface area contributed by atoms with Crippen LogP contribution in [-0.4, -0.2) is 38.2 Å². The van der Waals surface area contributed by atoms with E-state index in [2.05, 4.69) is 22.3 Å². The fourth-order valence-electron chi connectivity index (χ4n) is 3.32. The molecule has 0 aliphatic heterocycles. The average Bonchev–Trinajstić information content (AvgIpc) is 3.26. The molecule has 29 heavy (non-hydrogen) atoms. The number of ether oxygens (including phenoxy) is 1. The topological polar surface area (TPSA) is 129 Å². The van der Waals surface area contributed by atoms with Crippen molar-refractivity contribution in [2.45, 2.75) is 52.5 Å². The van der Waals surface area contributed by atoms with Crippen LogP contribution >= 0.6 is 11.3 Å². The molecule has 1 atom stereocenters. The number of aromatic nitrogens is 3. The molecule has 11 heteroatoms. The molecule has 0 fully saturated rings. The third kappa shape index (κ3) is 4.97.